The largest absolute Gasteiger partial charge is 0.382 e. The van der Waals surface area contributed by atoms with E-state index in [2.05, 4.69) is 26.8 Å². The molecule has 0 bridgehead atoms. The predicted molar refractivity (Wildman–Crippen MR) is 113 cm³/mol. The molecule has 1 aliphatic carbocycles. The summed E-state index contributed by atoms with van der Waals surface area (Å²) in [6, 6.07) is 4.96. The van der Waals surface area contributed by atoms with Crippen LogP contribution in [0.2, 0.25) is 0 Å². The molecule has 152 valence electrons. The molecule has 4 rings (SSSR count). The summed E-state index contributed by atoms with van der Waals surface area (Å²) in [5.74, 6) is 6.50. The van der Waals surface area contributed by atoms with Crippen molar-refractivity contribution in [1.29, 1.82) is 0 Å². The van der Waals surface area contributed by atoms with E-state index in [1.165, 1.54) is 6.07 Å². The van der Waals surface area contributed by atoms with Gasteiger partial charge in [0, 0.05) is 12.6 Å². The van der Waals surface area contributed by atoms with Gasteiger partial charge in [0.2, 0.25) is 5.82 Å². The van der Waals surface area contributed by atoms with Crippen molar-refractivity contribution in [3.8, 4) is 23.2 Å². The molecule has 6 nitrogen and oxygen atoms in total. The predicted octanol–water partition coefficient (Wildman–Crippen LogP) is 3.53. The van der Waals surface area contributed by atoms with E-state index in [1.807, 2.05) is 6.07 Å². The van der Waals surface area contributed by atoms with Gasteiger partial charge >= 0.3 is 0 Å². The fourth-order valence-electron chi connectivity index (χ4n) is 3.56. The first-order valence-corrected chi connectivity index (χ1v) is 9.38. The van der Waals surface area contributed by atoms with Gasteiger partial charge in [0.25, 0.3) is 0 Å². The van der Waals surface area contributed by atoms with E-state index in [1.54, 1.807) is 24.6 Å². The molecule has 2 aromatic heterocycles. The number of aryl methyl sites for hydroxylation is 2. The zero-order valence-corrected chi connectivity index (χ0v) is 17.2. The summed E-state index contributed by atoms with van der Waals surface area (Å²) < 4.78 is 15.7. The van der Waals surface area contributed by atoms with E-state index >= 15 is 0 Å². The Morgan fingerprint density at radius 2 is 1.90 bits per heavy atom. The summed E-state index contributed by atoms with van der Waals surface area (Å²) in [6.45, 7) is 1.71. The van der Waals surface area contributed by atoms with Crippen LogP contribution in [-0.2, 0) is 7.05 Å². The third kappa shape index (κ3) is 4.04. The van der Waals surface area contributed by atoms with Crippen molar-refractivity contribution in [3.63, 3.8) is 0 Å². The Kier molecular flexibility index (Phi) is 5.78. The third-order valence-electron chi connectivity index (χ3n) is 5.26. The highest BCUT2D eigenvalue weighted by atomic mass is 35.5. The second kappa shape index (κ2) is 7.97. The minimum absolute atomic E-state index is 0. The number of nitrogen functional groups attached to an aromatic ring is 1. The average molecular weight is 416 g/mol. The Labute approximate surface area is 174 Å². The van der Waals surface area contributed by atoms with Gasteiger partial charge in [-0.25, -0.2) is 19.3 Å². The van der Waals surface area contributed by atoms with Gasteiger partial charge in [0.1, 0.15) is 17.2 Å². The van der Waals surface area contributed by atoms with Gasteiger partial charge in [-0.2, -0.15) is 0 Å². The highest BCUT2D eigenvalue weighted by Gasteiger charge is 2.26. The zero-order valence-electron chi connectivity index (χ0n) is 16.4. The minimum Gasteiger partial charge on any atom is -0.382 e. The van der Waals surface area contributed by atoms with Crippen molar-refractivity contribution in [2.24, 2.45) is 7.05 Å². The van der Waals surface area contributed by atoms with Crippen molar-refractivity contribution in [1.82, 2.24) is 19.5 Å². The Balaban J connectivity index is 0.00000240. The standard InChI is InChI=1S/C21H22FN5O.ClH/c1-13-6-7-14(12-15(13)22)19-26-17-18(23)24-16(25-20(17)27(19)2)8-11-21(28)9-4-3-5-10-21;/h6-7,12,28H,3-5,9-10H2,1-2H3,(H2,23,24,25);1H. The monoisotopic (exact) mass is 415 g/mol. The summed E-state index contributed by atoms with van der Waals surface area (Å²) >= 11 is 0. The number of anilines is 1. The van der Waals surface area contributed by atoms with Gasteiger partial charge in [0.05, 0.1) is 0 Å². The van der Waals surface area contributed by atoms with Crippen molar-refractivity contribution in [2.45, 2.75) is 44.6 Å². The maximum absolute atomic E-state index is 14.0. The molecule has 3 N–H and O–H groups in total. The Morgan fingerprint density at radius 1 is 1.17 bits per heavy atom. The first-order valence-electron chi connectivity index (χ1n) is 9.38. The number of nitrogens with zero attached hydrogens (tertiary/aromatic N) is 4. The quantitative estimate of drug-likeness (QED) is 0.593. The number of nitrogens with two attached hydrogens (primary N) is 1. The number of hydrogen-bond acceptors (Lipinski definition) is 5. The lowest BCUT2D eigenvalue weighted by molar-refractivity contribution is 0.0610. The Hall–Kier alpha value is -2.69. The number of halogens is 2. The number of hydrogen-bond donors (Lipinski definition) is 2. The molecule has 29 heavy (non-hydrogen) atoms. The Bertz CT molecular complexity index is 1130. The molecule has 0 atom stereocenters. The van der Waals surface area contributed by atoms with Crippen LogP contribution < -0.4 is 5.73 Å². The van der Waals surface area contributed by atoms with Crippen LogP contribution in [0.1, 0.15) is 43.5 Å². The van der Waals surface area contributed by atoms with Crippen LogP contribution in [-0.4, -0.2) is 30.2 Å². The SMILES string of the molecule is Cc1ccc(-c2nc3c(N)nc(C#CC4(O)CCCCC4)nc3n2C)cc1F.Cl. The first-order chi connectivity index (χ1) is 13.4. The second-order valence-electron chi connectivity index (χ2n) is 7.41. The van der Waals surface area contributed by atoms with E-state index in [0.29, 0.717) is 41.0 Å². The number of aromatic nitrogens is 4. The highest BCUT2D eigenvalue weighted by molar-refractivity contribution is 5.86. The number of rotatable bonds is 1. The molecular weight excluding hydrogens is 393 g/mol. The average Bonchev–Trinajstić information content (AvgIpc) is 3.01. The summed E-state index contributed by atoms with van der Waals surface area (Å²) in [7, 11) is 1.79. The van der Waals surface area contributed by atoms with Gasteiger partial charge in [-0.05, 0) is 50.2 Å². The topological polar surface area (TPSA) is 89.8 Å². The molecule has 0 aliphatic heterocycles. The van der Waals surface area contributed by atoms with E-state index in [4.69, 9.17) is 5.73 Å². The van der Waals surface area contributed by atoms with Crippen LogP contribution in [0.5, 0.6) is 0 Å². The van der Waals surface area contributed by atoms with Crippen molar-refractivity contribution >= 4 is 29.4 Å². The maximum atomic E-state index is 14.0. The molecule has 3 aromatic rings. The smallest absolute Gasteiger partial charge is 0.209 e. The van der Waals surface area contributed by atoms with Crippen LogP contribution in [0.3, 0.4) is 0 Å². The number of aliphatic hydroxyl groups is 1. The highest BCUT2D eigenvalue weighted by Crippen LogP contribution is 2.28. The second-order valence-corrected chi connectivity index (χ2v) is 7.41. The molecule has 0 amide bonds. The van der Waals surface area contributed by atoms with Gasteiger partial charge < -0.3 is 15.4 Å². The van der Waals surface area contributed by atoms with E-state index in [0.717, 1.165) is 19.3 Å². The van der Waals surface area contributed by atoms with Crippen LogP contribution in [0, 0.1) is 24.6 Å². The summed E-state index contributed by atoms with van der Waals surface area (Å²) in [5.41, 5.74) is 7.26. The number of benzene rings is 1. The van der Waals surface area contributed by atoms with Crippen LogP contribution in [0.25, 0.3) is 22.6 Å². The molecule has 1 aromatic carbocycles. The van der Waals surface area contributed by atoms with E-state index < -0.39 is 5.60 Å². The Morgan fingerprint density at radius 3 is 2.59 bits per heavy atom. The van der Waals surface area contributed by atoms with Gasteiger partial charge in [-0.1, -0.05) is 24.5 Å². The molecule has 1 fully saturated rings. The van der Waals surface area contributed by atoms with E-state index in [-0.39, 0.29) is 29.9 Å². The van der Waals surface area contributed by atoms with Gasteiger partial charge in [0.15, 0.2) is 17.0 Å². The molecule has 0 saturated heterocycles. The number of imidazole rings is 1. The molecule has 1 saturated carbocycles. The van der Waals surface area contributed by atoms with Crippen LogP contribution in [0.4, 0.5) is 10.2 Å². The molecule has 8 heteroatoms. The lowest BCUT2D eigenvalue weighted by atomic mass is 9.85. The normalized spacial score (nSPS) is 15.4. The molecule has 0 radical (unpaired) electrons. The van der Waals surface area contributed by atoms with E-state index in [9.17, 15) is 9.50 Å². The molecule has 0 unspecified atom stereocenters. The zero-order chi connectivity index (χ0) is 19.9. The maximum Gasteiger partial charge on any atom is 0.209 e. The fraction of sp³-hybridized carbons (Fsp3) is 0.381. The van der Waals surface area contributed by atoms with Crippen LogP contribution in [0.15, 0.2) is 18.2 Å². The summed E-state index contributed by atoms with van der Waals surface area (Å²) in [5, 5.41) is 10.6. The molecule has 2 heterocycles. The molecule has 0 spiro atoms. The van der Waals surface area contributed by atoms with Gasteiger partial charge in [-0.3, -0.25) is 0 Å². The summed E-state index contributed by atoms with van der Waals surface area (Å²) in [4.78, 5) is 13.2. The van der Waals surface area contributed by atoms with Gasteiger partial charge in [-0.15, -0.1) is 12.4 Å². The number of fused-ring (bicyclic) bond motifs is 1. The van der Waals surface area contributed by atoms with Crippen LogP contribution >= 0.6 is 12.4 Å². The van der Waals surface area contributed by atoms with Crippen molar-refractivity contribution in [3.05, 3.63) is 35.4 Å². The molecular formula is C21H23ClFN5O. The minimum atomic E-state index is -0.984. The van der Waals surface area contributed by atoms with Crippen molar-refractivity contribution in [2.75, 3.05) is 5.73 Å². The lowest BCUT2D eigenvalue weighted by Crippen LogP contribution is -2.29. The first kappa shape index (κ1) is 21.0. The summed E-state index contributed by atoms with van der Waals surface area (Å²) in [6.07, 6.45) is 4.37. The lowest BCUT2D eigenvalue weighted by Gasteiger charge is -2.26. The molecule has 1 aliphatic rings. The van der Waals surface area contributed by atoms with Crippen molar-refractivity contribution < 1.29 is 9.50 Å². The third-order valence-corrected chi connectivity index (χ3v) is 5.26. The fourth-order valence-corrected chi connectivity index (χ4v) is 3.56.